The normalized spacial score (nSPS) is 10.8. The third-order valence-electron chi connectivity index (χ3n) is 3.21. The van der Waals surface area contributed by atoms with E-state index in [4.69, 9.17) is 9.15 Å². The molecule has 0 aliphatic carbocycles. The predicted octanol–water partition coefficient (Wildman–Crippen LogP) is 3.38. The number of fused-ring (bicyclic) bond motifs is 1. The van der Waals surface area contributed by atoms with Crippen LogP contribution in [-0.2, 0) is 6.61 Å². The average Bonchev–Trinajstić information content (AvgIpc) is 2.47. The molecular weight excluding hydrogens is 266 g/mol. The zero-order valence-electron chi connectivity index (χ0n) is 11.9. The number of nitrogens with zero attached hydrogens (tertiary/aromatic N) is 1. The van der Waals surface area contributed by atoms with Gasteiger partial charge in [0.2, 0.25) is 5.89 Å². The van der Waals surface area contributed by atoms with Crippen molar-refractivity contribution < 1.29 is 9.15 Å². The van der Waals surface area contributed by atoms with E-state index < -0.39 is 0 Å². The molecule has 0 spiro atoms. The molecule has 0 fully saturated rings. The lowest BCUT2D eigenvalue weighted by atomic mass is 10.2. The van der Waals surface area contributed by atoms with Gasteiger partial charge in [0, 0.05) is 0 Å². The molecule has 21 heavy (non-hydrogen) atoms. The number of ether oxygens (including phenoxy) is 1. The first-order valence-corrected chi connectivity index (χ1v) is 6.72. The smallest absolute Gasteiger partial charge is 0.346 e. The molecular formula is C17H15NO3. The molecule has 2 aromatic carbocycles. The first kappa shape index (κ1) is 13.4. The summed E-state index contributed by atoms with van der Waals surface area (Å²) in [7, 11) is 0. The van der Waals surface area contributed by atoms with Gasteiger partial charge in [-0.3, -0.25) is 0 Å². The van der Waals surface area contributed by atoms with Crippen molar-refractivity contribution in [2.45, 2.75) is 20.5 Å². The van der Waals surface area contributed by atoms with Crippen molar-refractivity contribution in [3.05, 3.63) is 69.9 Å². The van der Waals surface area contributed by atoms with E-state index in [1.807, 2.05) is 50.2 Å². The molecule has 0 radical (unpaired) electrons. The van der Waals surface area contributed by atoms with Gasteiger partial charge in [0.05, 0.1) is 10.9 Å². The van der Waals surface area contributed by atoms with Crippen molar-refractivity contribution in [2.75, 3.05) is 0 Å². The van der Waals surface area contributed by atoms with E-state index >= 15 is 0 Å². The second-order valence-corrected chi connectivity index (χ2v) is 5.02. The summed E-state index contributed by atoms with van der Waals surface area (Å²) in [5.74, 6) is 0.992. The third kappa shape index (κ3) is 2.94. The van der Waals surface area contributed by atoms with Crippen LogP contribution in [0.4, 0.5) is 0 Å². The van der Waals surface area contributed by atoms with Crippen molar-refractivity contribution in [3.8, 4) is 5.75 Å². The quantitative estimate of drug-likeness (QED) is 0.738. The highest BCUT2D eigenvalue weighted by Gasteiger charge is 2.07. The highest BCUT2D eigenvalue weighted by Crippen LogP contribution is 2.14. The minimum atomic E-state index is -0.383. The number of hydrogen-bond donors (Lipinski definition) is 0. The standard InChI is InChI=1S/C17H15NO3/c1-11-3-6-13(7-4-11)20-10-16-18-15-8-5-12(2)9-14(15)17(19)21-16/h3-9H,10H2,1-2H3. The lowest BCUT2D eigenvalue weighted by Gasteiger charge is -2.06. The van der Waals surface area contributed by atoms with Crippen LogP contribution in [0.3, 0.4) is 0 Å². The fourth-order valence-electron chi connectivity index (χ4n) is 2.07. The zero-order valence-corrected chi connectivity index (χ0v) is 11.9. The van der Waals surface area contributed by atoms with Crippen LogP contribution in [0.5, 0.6) is 5.75 Å². The maximum Gasteiger partial charge on any atom is 0.346 e. The molecule has 3 aromatic rings. The fourth-order valence-corrected chi connectivity index (χ4v) is 2.07. The SMILES string of the molecule is Cc1ccc(OCc2nc3ccc(C)cc3c(=O)o2)cc1. The molecule has 4 heteroatoms. The molecule has 0 atom stereocenters. The molecule has 4 nitrogen and oxygen atoms in total. The highest BCUT2D eigenvalue weighted by molar-refractivity contribution is 5.77. The Hall–Kier alpha value is -2.62. The highest BCUT2D eigenvalue weighted by atomic mass is 16.5. The van der Waals surface area contributed by atoms with Crippen molar-refractivity contribution >= 4 is 10.9 Å². The van der Waals surface area contributed by atoms with Crippen LogP contribution in [-0.4, -0.2) is 4.98 Å². The van der Waals surface area contributed by atoms with Crippen molar-refractivity contribution in [1.82, 2.24) is 4.98 Å². The second kappa shape index (κ2) is 5.40. The number of rotatable bonds is 3. The molecule has 0 aliphatic rings. The van der Waals surface area contributed by atoms with Gasteiger partial charge in [0.15, 0.2) is 6.61 Å². The summed E-state index contributed by atoms with van der Waals surface area (Å²) >= 11 is 0. The van der Waals surface area contributed by atoms with Gasteiger partial charge in [-0.25, -0.2) is 9.78 Å². The lowest BCUT2D eigenvalue weighted by Crippen LogP contribution is -2.07. The van der Waals surface area contributed by atoms with Gasteiger partial charge < -0.3 is 9.15 Å². The van der Waals surface area contributed by atoms with E-state index in [-0.39, 0.29) is 18.1 Å². The second-order valence-electron chi connectivity index (χ2n) is 5.02. The zero-order chi connectivity index (χ0) is 14.8. The summed E-state index contributed by atoms with van der Waals surface area (Å²) in [6.07, 6.45) is 0. The molecule has 1 aromatic heterocycles. The van der Waals surface area contributed by atoms with E-state index in [1.165, 1.54) is 0 Å². The minimum absolute atomic E-state index is 0.127. The molecule has 1 heterocycles. The Kier molecular flexibility index (Phi) is 3.44. The van der Waals surface area contributed by atoms with Gasteiger partial charge in [0.1, 0.15) is 5.75 Å². The Morgan fingerprint density at radius 3 is 2.52 bits per heavy atom. The molecule has 0 saturated carbocycles. The number of aryl methyl sites for hydroxylation is 2. The average molecular weight is 281 g/mol. The van der Waals surface area contributed by atoms with Gasteiger partial charge >= 0.3 is 5.63 Å². The van der Waals surface area contributed by atoms with Gasteiger partial charge in [-0.2, -0.15) is 0 Å². The van der Waals surface area contributed by atoms with E-state index in [0.29, 0.717) is 16.7 Å². The Labute approximate surface area is 122 Å². The number of benzene rings is 2. The molecule has 3 rings (SSSR count). The van der Waals surface area contributed by atoms with Gasteiger partial charge in [-0.15, -0.1) is 0 Å². The first-order valence-electron chi connectivity index (χ1n) is 6.72. The Balaban J connectivity index is 1.86. The molecule has 0 N–H and O–H groups in total. The number of aromatic nitrogens is 1. The molecule has 0 bridgehead atoms. The third-order valence-corrected chi connectivity index (χ3v) is 3.21. The summed E-state index contributed by atoms with van der Waals surface area (Å²) in [6, 6.07) is 13.2. The summed E-state index contributed by atoms with van der Waals surface area (Å²) < 4.78 is 10.8. The largest absolute Gasteiger partial charge is 0.484 e. The number of hydrogen-bond acceptors (Lipinski definition) is 4. The lowest BCUT2D eigenvalue weighted by molar-refractivity contribution is 0.253. The molecule has 0 aliphatic heterocycles. The van der Waals surface area contributed by atoms with Gasteiger partial charge in [-0.1, -0.05) is 29.3 Å². The van der Waals surface area contributed by atoms with Crippen LogP contribution in [0.1, 0.15) is 17.0 Å². The maximum absolute atomic E-state index is 11.9. The summed E-state index contributed by atoms with van der Waals surface area (Å²) in [6.45, 7) is 4.06. The maximum atomic E-state index is 11.9. The predicted molar refractivity (Wildman–Crippen MR) is 80.5 cm³/mol. The van der Waals surface area contributed by atoms with Crippen molar-refractivity contribution in [2.24, 2.45) is 0 Å². The summed E-state index contributed by atoms with van der Waals surface area (Å²) in [4.78, 5) is 16.3. The van der Waals surface area contributed by atoms with E-state index in [2.05, 4.69) is 4.98 Å². The van der Waals surface area contributed by atoms with Crippen LogP contribution in [0, 0.1) is 13.8 Å². The Morgan fingerprint density at radius 2 is 1.76 bits per heavy atom. The Bertz CT molecular complexity index is 835. The minimum Gasteiger partial charge on any atom is -0.484 e. The monoisotopic (exact) mass is 281 g/mol. The molecule has 106 valence electrons. The van der Waals surface area contributed by atoms with Crippen LogP contribution >= 0.6 is 0 Å². The van der Waals surface area contributed by atoms with Gasteiger partial charge in [-0.05, 0) is 38.1 Å². The van der Waals surface area contributed by atoms with E-state index in [1.54, 1.807) is 6.07 Å². The van der Waals surface area contributed by atoms with Crippen molar-refractivity contribution in [1.29, 1.82) is 0 Å². The molecule has 0 unspecified atom stereocenters. The summed E-state index contributed by atoms with van der Waals surface area (Å²) in [5, 5.41) is 0.495. The van der Waals surface area contributed by atoms with Gasteiger partial charge in [0.25, 0.3) is 0 Å². The van der Waals surface area contributed by atoms with Crippen molar-refractivity contribution in [3.63, 3.8) is 0 Å². The van der Waals surface area contributed by atoms with E-state index in [0.717, 1.165) is 11.1 Å². The van der Waals surface area contributed by atoms with Crippen LogP contribution in [0.2, 0.25) is 0 Å². The Morgan fingerprint density at radius 1 is 1.05 bits per heavy atom. The molecule has 0 amide bonds. The van der Waals surface area contributed by atoms with Crippen LogP contribution < -0.4 is 10.4 Å². The first-order chi connectivity index (χ1) is 10.1. The topological polar surface area (TPSA) is 52.3 Å². The van der Waals surface area contributed by atoms with E-state index in [9.17, 15) is 4.79 Å². The molecule has 0 saturated heterocycles. The fraction of sp³-hybridized carbons (Fsp3) is 0.176. The van der Waals surface area contributed by atoms with Crippen LogP contribution in [0.15, 0.2) is 51.7 Å². The summed E-state index contributed by atoms with van der Waals surface area (Å²) in [5.41, 5.74) is 2.40. The van der Waals surface area contributed by atoms with Crippen LogP contribution in [0.25, 0.3) is 10.9 Å².